The maximum atomic E-state index is 10.8. The fourth-order valence-corrected chi connectivity index (χ4v) is 2.64. The molecule has 3 rings (SSSR count). The molecule has 0 aliphatic rings. The number of rotatable bonds is 7. The zero-order valence-corrected chi connectivity index (χ0v) is 14.4. The van der Waals surface area contributed by atoms with Crippen molar-refractivity contribution >= 4 is 6.29 Å². The first-order chi connectivity index (χ1) is 12.2. The normalized spacial score (nSPS) is 10.8. The highest BCUT2D eigenvalue weighted by Gasteiger charge is 2.17. The summed E-state index contributed by atoms with van der Waals surface area (Å²) in [7, 11) is 0. The van der Waals surface area contributed by atoms with Crippen molar-refractivity contribution in [2.75, 3.05) is 6.61 Å². The summed E-state index contributed by atoms with van der Waals surface area (Å²) in [4.78, 5) is 15.5. The van der Waals surface area contributed by atoms with Gasteiger partial charge in [0.2, 0.25) is 5.89 Å². The van der Waals surface area contributed by atoms with Crippen molar-refractivity contribution in [2.45, 2.75) is 26.2 Å². The molecule has 0 fully saturated rings. The molecule has 4 nitrogen and oxygen atoms in total. The van der Waals surface area contributed by atoms with Crippen molar-refractivity contribution < 1.29 is 13.9 Å². The molecule has 2 aromatic carbocycles. The zero-order valence-electron chi connectivity index (χ0n) is 14.4. The van der Waals surface area contributed by atoms with E-state index in [1.165, 1.54) is 0 Å². The molecule has 0 atom stereocenters. The molecule has 0 saturated carbocycles. The Morgan fingerprint density at radius 3 is 2.64 bits per heavy atom. The van der Waals surface area contributed by atoms with Crippen LogP contribution in [0.5, 0.6) is 5.75 Å². The number of carbonyl (C=O) groups is 1. The third kappa shape index (κ3) is 4.15. The zero-order chi connectivity index (χ0) is 17.6. The highest BCUT2D eigenvalue weighted by atomic mass is 16.5. The highest BCUT2D eigenvalue weighted by molar-refractivity contribution is 5.75. The van der Waals surface area contributed by atoms with Gasteiger partial charge in [0.1, 0.15) is 17.8 Å². The van der Waals surface area contributed by atoms with E-state index in [1.807, 2.05) is 42.5 Å². The molecule has 1 aromatic heterocycles. The molecule has 3 aromatic rings. The van der Waals surface area contributed by atoms with Crippen molar-refractivity contribution in [3.63, 3.8) is 0 Å². The minimum absolute atomic E-state index is 0.248. The molecule has 0 N–H and O–H groups in total. The summed E-state index contributed by atoms with van der Waals surface area (Å²) in [5.41, 5.74) is 2.49. The van der Waals surface area contributed by atoms with E-state index in [1.54, 1.807) is 12.1 Å². The van der Waals surface area contributed by atoms with Crippen LogP contribution in [0.2, 0.25) is 0 Å². The van der Waals surface area contributed by atoms with Crippen LogP contribution < -0.4 is 4.74 Å². The highest BCUT2D eigenvalue weighted by Crippen LogP contribution is 2.27. The van der Waals surface area contributed by atoms with Crippen LogP contribution in [0.25, 0.3) is 11.5 Å². The van der Waals surface area contributed by atoms with E-state index in [2.05, 4.69) is 18.8 Å². The molecule has 1 heterocycles. The first kappa shape index (κ1) is 17.0. The summed E-state index contributed by atoms with van der Waals surface area (Å²) >= 11 is 0. The van der Waals surface area contributed by atoms with Crippen LogP contribution in [0.15, 0.2) is 59.0 Å². The largest absolute Gasteiger partial charge is 0.493 e. The maximum absolute atomic E-state index is 10.8. The number of ether oxygens (including phenoxy) is 1. The Hall–Kier alpha value is -2.88. The Kier molecular flexibility index (Phi) is 5.29. The number of nitrogens with zero attached hydrogens (tertiary/aromatic N) is 1. The molecule has 4 heteroatoms. The summed E-state index contributed by atoms with van der Waals surface area (Å²) in [5.74, 6) is 2.46. The molecule has 0 radical (unpaired) electrons. The van der Waals surface area contributed by atoms with Gasteiger partial charge in [-0.3, -0.25) is 4.79 Å². The monoisotopic (exact) mass is 335 g/mol. The Bertz CT molecular complexity index is 837. The molecule has 0 bridgehead atoms. The van der Waals surface area contributed by atoms with Gasteiger partial charge in [-0.1, -0.05) is 44.2 Å². The Labute approximate surface area is 147 Å². The minimum Gasteiger partial charge on any atom is -0.493 e. The van der Waals surface area contributed by atoms with Crippen molar-refractivity contribution in [3.05, 3.63) is 71.6 Å². The Balaban J connectivity index is 1.73. The first-order valence-corrected chi connectivity index (χ1v) is 8.40. The third-order valence-electron chi connectivity index (χ3n) is 3.87. The molecular formula is C21H21NO3. The van der Waals surface area contributed by atoms with Gasteiger partial charge in [-0.15, -0.1) is 0 Å². The van der Waals surface area contributed by atoms with Crippen LogP contribution in [0, 0.1) is 0 Å². The topological polar surface area (TPSA) is 52.3 Å². The lowest BCUT2D eigenvalue weighted by Gasteiger charge is -2.07. The molecule has 25 heavy (non-hydrogen) atoms. The van der Waals surface area contributed by atoms with Gasteiger partial charge in [0.15, 0.2) is 0 Å². The van der Waals surface area contributed by atoms with Crippen LogP contribution >= 0.6 is 0 Å². The number of aldehydes is 1. The lowest BCUT2D eigenvalue weighted by Crippen LogP contribution is -2.04. The second-order valence-electron chi connectivity index (χ2n) is 6.14. The molecule has 0 amide bonds. The number of hydrogen-bond donors (Lipinski definition) is 0. The van der Waals surface area contributed by atoms with Crippen LogP contribution in [0.3, 0.4) is 0 Å². The van der Waals surface area contributed by atoms with E-state index in [0.29, 0.717) is 30.2 Å². The lowest BCUT2D eigenvalue weighted by atomic mass is 10.1. The molecule has 0 aliphatic heterocycles. The van der Waals surface area contributed by atoms with Gasteiger partial charge in [0, 0.05) is 23.5 Å². The van der Waals surface area contributed by atoms with Crippen LogP contribution in [-0.4, -0.2) is 17.9 Å². The quantitative estimate of drug-likeness (QED) is 0.576. The second kappa shape index (κ2) is 7.79. The van der Waals surface area contributed by atoms with E-state index < -0.39 is 0 Å². The molecule has 128 valence electrons. The van der Waals surface area contributed by atoms with Gasteiger partial charge >= 0.3 is 0 Å². The van der Waals surface area contributed by atoms with E-state index in [-0.39, 0.29) is 5.92 Å². The fraction of sp³-hybridized carbons (Fsp3) is 0.238. The van der Waals surface area contributed by atoms with Crippen molar-refractivity contribution in [3.8, 4) is 17.2 Å². The lowest BCUT2D eigenvalue weighted by molar-refractivity contribution is 0.112. The predicted molar refractivity (Wildman–Crippen MR) is 97.1 cm³/mol. The van der Waals surface area contributed by atoms with Crippen LogP contribution in [0.1, 0.15) is 41.6 Å². The molecule has 0 spiro atoms. The van der Waals surface area contributed by atoms with E-state index in [0.717, 1.165) is 23.3 Å². The van der Waals surface area contributed by atoms with Gasteiger partial charge < -0.3 is 9.15 Å². The average molecular weight is 335 g/mol. The van der Waals surface area contributed by atoms with Crippen molar-refractivity contribution in [1.82, 2.24) is 4.98 Å². The minimum atomic E-state index is 0.248. The van der Waals surface area contributed by atoms with E-state index in [9.17, 15) is 4.79 Å². The number of benzene rings is 2. The van der Waals surface area contributed by atoms with Crippen LogP contribution in [0.4, 0.5) is 0 Å². The summed E-state index contributed by atoms with van der Waals surface area (Å²) in [6, 6.07) is 17.0. The maximum Gasteiger partial charge on any atom is 0.226 e. The number of hydrogen-bond acceptors (Lipinski definition) is 4. The van der Waals surface area contributed by atoms with Crippen molar-refractivity contribution in [2.24, 2.45) is 0 Å². The van der Waals surface area contributed by atoms with Gasteiger partial charge in [0.05, 0.1) is 12.3 Å². The Morgan fingerprint density at radius 2 is 1.92 bits per heavy atom. The smallest absolute Gasteiger partial charge is 0.226 e. The third-order valence-corrected chi connectivity index (χ3v) is 3.87. The number of aromatic nitrogens is 1. The van der Waals surface area contributed by atoms with Gasteiger partial charge in [0.25, 0.3) is 0 Å². The fourth-order valence-electron chi connectivity index (χ4n) is 2.64. The standard InChI is InChI=1S/C21H21NO3/c1-15(2)20-19(22-21(25-20)17-8-4-3-5-9-17)11-12-24-18-10-6-7-16(13-18)14-23/h3-10,13-15H,11-12H2,1-2H3. The molecule has 0 aliphatic carbocycles. The molecule has 0 saturated heterocycles. The summed E-state index contributed by atoms with van der Waals surface area (Å²) in [6.45, 7) is 4.66. The predicted octanol–water partition coefficient (Wildman–Crippen LogP) is 4.90. The Morgan fingerprint density at radius 1 is 1.12 bits per heavy atom. The number of carbonyl (C=O) groups excluding carboxylic acids is 1. The first-order valence-electron chi connectivity index (χ1n) is 8.40. The van der Waals surface area contributed by atoms with Gasteiger partial charge in [-0.05, 0) is 24.3 Å². The second-order valence-corrected chi connectivity index (χ2v) is 6.14. The summed E-state index contributed by atoms with van der Waals surface area (Å²) in [6.07, 6.45) is 1.46. The SMILES string of the molecule is CC(C)c1oc(-c2ccccc2)nc1CCOc1cccc(C=O)c1. The summed E-state index contributed by atoms with van der Waals surface area (Å²) < 4.78 is 11.8. The molecule has 0 unspecified atom stereocenters. The average Bonchev–Trinajstić information content (AvgIpc) is 3.07. The summed E-state index contributed by atoms with van der Waals surface area (Å²) in [5, 5.41) is 0. The number of oxazole rings is 1. The van der Waals surface area contributed by atoms with E-state index >= 15 is 0 Å². The van der Waals surface area contributed by atoms with Gasteiger partial charge in [-0.2, -0.15) is 0 Å². The van der Waals surface area contributed by atoms with Crippen molar-refractivity contribution in [1.29, 1.82) is 0 Å². The van der Waals surface area contributed by atoms with Crippen LogP contribution in [-0.2, 0) is 6.42 Å². The van der Waals surface area contributed by atoms with Gasteiger partial charge in [-0.25, -0.2) is 4.98 Å². The van der Waals surface area contributed by atoms with E-state index in [4.69, 9.17) is 9.15 Å². The molecular weight excluding hydrogens is 314 g/mol.